The van der Waals surface area contributed by atoms with Crippen LogP contribution in [0.15, 0.2) is 0 Å². The molecule has 0 aromatic carbocycles. The lowest BCUT2D eigenvalue weighted by atomic mass is 9.60. The molecule has 62 valence electrons. The largest absolute Gasteiger partial charge is 0.481 e. The summed E-state index contributed by atoms with van der Waals surface area (Å²) in [5.74, 6) is 0.162. The number of carboxylic acids is 1. The van der Waals surface area contributed by atoms with Gasteiger partial charge in [-0.3, -0.25) is 4.79 Å². The van der Waals surface area contributed by atoms with Crippen molar-refractivity contribution in [3.63, 3.8) is 0 Å². The van der Waals surface area contributed by atoms with Crippen LogP contribution in [0.25, 0.3) is 0 Å². The number of hydrogen-bond acceptors (Lipinski definition) is 1. The fraction of sp³-hybridized carbons (Fsp3) is 0.889. The minimum Gasteiger partial charge on any atom is -0.481 e. The molecule has 11 heavy (non-hydrogen) atoms. The summed E-state index contributed by atoms with van der Waals surface area (Å²) in [6.07, 6.45) is 6.60. The molecule has 0 amide bonds. The number of carbonyl (C=O) groups is 1. The van der Waals surface area contributed by atoms with E-state index in [1.807, 2.05) is 0 Å². The monoisotopic (exact) mass is 154 g/mol. The molecule has 1 N–H and O–H groups in total. The Morgan fingerprint density at radius 2 is 2.27 bits per heavy atom. The van der Waals surface area contributed by atoms with Crippen molar-refractivity contribution in [2.24, 2.45) is 11.3 Å². The molecule has 2 aliphatic rings. The smallest absolute Gasteiger partial charge is 0.303 e. The van der Waals surface area contributed by atoms with Gasteiger partial charge in [-0.15, -0.1) is 0 Å². The van der Waals surface area contributed by atoms with E-state index in [9.17, 15) is 4.79 Å². The van der Waals surface area contributed by atoms with E-state index in [4.69, 9.17) is 5.11 Å². The Balaban J connectivity index is 2.04. The van der Waals surface area contributed by atoms with E-state index in [0.29, 0.717) is 6.42 Å². The van der Waals surface area contributed by atoms with Gasteiger partial charge in [0.15, 0.2) is 0 Å². The molecular weight excluding hydrogens is 140 g/mol. The Morgan fingerprint density at radius 1 is 1.45 bits per heavy atom. The second-order valence-corrected chi connectivity index (χ2v) is 4.06. The van der Waals surface area contributed by atoms with Crippen LogP contribution in [0.2, 0.25) is 0 Å². The summed E-state index contributed by atoms with van der Waals surface area (Å²) in [5.41, 5.74) is 0.256. The van der Waals surface area contributed by atoms with E-state index in [1.165, 1.54) is 32.1 Å². The zero-order valence-electron chi connectivity index (χ0n) is 6.68. The Labute approximate surface area is 66.6 Å². The van der Waals surface area contributed by atoms with Crippen LogP contribution in [0.5, 0.6) is 0 Å². The van der Waals surface area contributed by atoms with Crippen LogP contribution in [-0.4, -0.2) is 11.1 Å². The topological polar surface area (TPSA) is 37.3 Å². The van der Waals surface area contributed by atoms with Crippen molar-refractivity contribution >= 4 is 5.97 Å². The quantitative estimate of drug-likeness (QED) is 0.660. The minimum absolute atomic E-state index is 0.256. The third-order valence-corrected chi connectivity index (χ3v) is 3.59. The molecule has 2 nitrogen and oxygen atoms in total. The lowest BCUT2D eigenvalue weighted by molar-refractivity contribution is -0.142. The van der Waals surface area contributed by atoms with Crippen LogP contribution in [0.4, 0.5) is 0 Å². The van der Waals surface area contributed by atoms with E-state index in [0.717, 1.165) is 5.92 Å². The SMILES string of the molecule is O=C(O)CC12CCCC1CC2. The fourth-order valence-electron chi connectivity index (χ4n) is 2.86. The summed E-state index contributed by atoms with van der Waals surface area (Å²) < 4.78 is 0. The normalized spacial score (nSPS) is 41.3. The first kappa shape index (κ1) is 7.14. The van der Waals surface area contributed by atoms with E-state index in [-0.39, 0.29) is 5.41 Å². The molecule has 0 heterocycles. The van der Waals surface area contributed by atoms with Crippen molar-refractivity contribution in [3.8, 4) is 0 Å². The first-order valence-corrected chi connectivity index (χ1v) is 4.45. The first-order chi connectivity index (χ1) is 5.23. The molecule has 0 saturated heterocycles. The molecule has 0 aromatic heterocycles. The second-order valence-electron chi connectivity index (χ2n) is 4.06. The number of aliphatic carboxylic acids is 1. The third-order valence-electron chi connectivity index (χ3n) is 3.59. The number of rotatable bonds is 2. The number of hydrogen-bond donors (Lipinski definition) is 1. The van der Waals surface area contributed by atoms with Gasteiger partial charge in [0.2, 0.25) is 0 Å². The average Bonchev–Trinajstić information content (AvgIpc) is 2.13. The molecule has 2 unspecified atom stereocenters. The van der Waals surface area contributed by atoms with Gasteiger partial charge < -0.3 is 5.11 Å². The predicted molar refractivity (Wildman–Crippen MR) is 41.3 cm³/mol. The summed E-state index contributed by atoms with van der Waals surface area (Å²) in [5, 5.41) is 8.69. The van der Waals surface area contributed by atoms with Crippen molar-refractivity contribution in [1.82, 2.24) is 0 Å². The fourth-order valence-corrected chi connectivity index (χ4v) is 2.86. The Bertz CT molecular complexity index is 188. The molecule has 0 aromatic rings. The van der Waals surface area contributed by atoms with Gasteiger partial charge in [-0.2, -0.15) is 0 Å². The highest BCUT2D eigenvalue weighted by Gasteiger charge is 2.50. The van der Waals surface area contributed by atoms with Crippen molar-refractivity contribution in [2.75, 3.05) is 0 Å². The highest BCUT2D eigenvalue weighted by molar-refractivity contribution is 5.68. The van der Waals surface area contributed by atoms with Crippen LogP contribution >= 0.6 is 0 Å². The molecule has 2 atom stereocenters. The van der Waals surface area contributed by atoms with Gasteiger partial charge in [0, 0.05) is 0 Å². The molecule has 0 aliphatic heterocycles. The van der Waals surface area contributed by atoms with Gasteiger partial charge in [-0.1, -0.05) is 6.42 Å². The van der Waals surface area contributed by atoms with Crippen molar-refractivity contribution in [1.29, 1.82) is 0 Å². The maximum atomic E-state index is 10.5. The third kappa shape index (κ3) is 0.959. The Kier molecular flexibility index (Phi) is 1.44. The zero-order chi connectivity index (χ0) is 7.90. The lowest BCUT2D eigenvalue weighted by Crippen LogP contribution is -2.37. The van der Waals surface area contributed by atoms with Crippen LogP contribution in [-0.2, 0) is 4.79 Å². The number of carboxylic acid groups (broad SMARTS) is 1. The molecule has 2 saturated carbocycles. The van der Waals surface area contributed by atoms with Crippen LogP contribution < -0.4 is 0 Å². The minimum atomic E-state index is -0.600. The molecular formula is C9H14O2. The van der Waals surface area contributed by atoms with Gasteiger partial charge in [0.25, 0.3) is 0 Å². The van der Waals surface area contributed by atoms with Crippen molar-refractivity contribution < 1.29 is 9.90 Å². The van der Waals surface area contributed by atoms with Gasteiger partial charge in [0.1, 0.15) is 0 Å². The maximum Gasteiger partial charge on any atom is 0.303 e. The van der Waals surface area contributed by atoms with E-state index in [1.54, 1.807) is 0 Å². The van der Waals surface area contributed by atoms with Crippen LogP contribution in [0.3, 0.4) is 0 Å². The summed E-state index contributed by atoms with van der Waals surface area (Å²) in [7, 11) is 0. The maximum absolute atomic E-state index is 10.5. The highest BCUT2D eigenvalue weighted by atomic mass is 16.4. The van der Waals surface area contributed by atoms with Gasteiger partial charge >= 0.3 is 5.97 Å². The van der Waals surface area contributed by atoms with Crippen LogP contribution in [0, 0.1) is 11.3 Å². The summed E-state index contributed by atoms with van der Waals surface area (Å²) in [6, 6.07) is 0. The standard InChI is InChI=1S/C9H14O2/c10-8(11)6-9-4-1-2-7(9)3-5-9/h7H,1-6H2,(H,10,11). The Morgan fingerprint density at radius 3 is 2.73 bits per heavy atom. The first-order valence-electron chi connectivity index (χ1n) is 4.45. The van der Waals surface area contributed by atoms with E-state index < -0.39 is 5.97 Å². The van der Waals surface area contributed by atoms with Gasteiger partial charge in [-0.25, -0.2) is 0 Å². The number of fused-ring (bicyclic) bond motifs is 1. The van der Waals surface area contributed by atoms with Gasteiger partial charge in [0.05, 0.1) is 6.42 Å². The molecule has 0 spiro atoms. The molecule has 2 heteroatoms. The summed E-state index contributed by atoms with van der Waals surface area (Å²) in [6.45, 7) is 0. The van der Waals surface area contributed by atoms with Crippen molar-refractivity contribution in [2.45, 2.75) is 38.5 Å². The molecule has 2 rings (SSSR count). The zero-order valence-corrected chi connectivity index (χ0v) is 6.68. The van der Waals surface area contributed by atoms with E-state index in [2.05, 4.69) is 0 Å². The summed E-state index contributed by atoms with van der Waals surface area (Å²) >= 11 is 0. The lowest BCUT2D eigenvalue weighted by Gasteiger charge is -2.44. The highest BCUT2D eigenvalue weighted by Crippen LogP contribution is 2.59. The average molecular weight is 154 g/mol. The van der Waals surface area contributed by atoms with E-state index >= 15 is 0 Å². The van der Waals surface area contributed by atoms with Gasteiger partial charge in [-0.05, 0) is 37.0 Å². The predicted octanol–water partition coefficient (Wildman–Crippen LogP) is 2.04. The summed E-state index contributed by atoms with van der Waals surface area (Å²) in [4.78, 5) is 10.5. The molecule has 2 aliphatic carbocycles. The molecule has 2 fully saturated rings. The molecule has 0 radical (unpaired) electrons. The van der Waals surface area contributed by atoms with Crippen LogP contribution in [0.1, 0.15) is 38.5 Å². The van der Waals surface area contributed by atoms with Crippen molar-refractivity contribution in [3.05, 3.63) is 0 Å². The second kappa shape index (κ2) is 2.23. The molecule has 0 bridgehead atoms. The Hall–Kier alpha value is -0.530.